The summed E-state index contributed by atoms with van der Waals surface area (Å²) in [5.41, 5.74) is -0.0649. The maximum atomic E-state index is 12.4. The van der Waals surface area contributed by atoms with Crippen LogP contribution in [0.15, 0.2) is 41.5 Å². The highest BCUT2D eigenvalue weighted by atomic mass is 16.3. The monoisotopic (exact) mass is 359 g/mol. The number of amides is 1. The van der Waals surface area contributed by atoms with Crippen molar-refractivity contribution in [3.8, 4) is 0 Å². The molecule has 1 amide bonds. The Morgan fingerprint density at radius 3 is 2.73 bits per heavy atom. The molecule has 8 heteroatoms. The first-order valence-corrected chi connectivity index (χ1v) is 8.67. The molecule has 0 saturated carbocycles. The molecule has 0 spiro atoms. The van der Waals surface area contributed by atoms with Crippen molar-refractivity contribution >= 4 is 5.91 Å². The van der Waals surface area contributed by atoms with Gasteiger partial charge in [0.2, 0.25) is 5.91 Å². The lowest BCUT2D eigenvalue weighted by Gasteiger charge is -2.29. The van der Waals surface area contributed by atoms with Crippen molar-refractivity contribution in [2.75, 3.05) is 26.7 Å². The lowest BCUT2D eigenvalue weighted by atomic mass is 10.0. The third-order valence-electron chi connectivity index (χ3n) is 4.79. The number of likely N-dealkylation sites (tertiary alicyclic amines) is 1. The summed E-state index contributed by atoms with van der Waals surface area (Å²) in [5.74, 6) is -0.249. The molecule has 0 unspecified atom stereocenters. The Morgan fingerprint density at radius 1 is 1.35 bits per heavy atom. The van der Waals surface area contributed by atoms with E-state index in [-0.39, 0.29) is 24.7 Å². The van der Waals surface area contributed by atoms with E-state index in [1.807, 2.05) is 18.2 Å². The predicted octanol–water partition coefficient (Wildman–Crippen LogP) is -0.323. The highest BCUT2D eigenvalue weighted by Crippen LogP contribution is 2.23. The van der Waals surface area contributed by atoms with Gasteiger partial charge >= 0.3 is 5.69 Å². The lowest BCUT2D eigenvalue weighted by Crippen LogP contribution is -2.47. The third-order valence-corrected chi connectivity index (χ3v) is 4.79. The van der Waals surface area contributed by atoms with Gasteiger partial charge in [-0.25, -0.2) is 9.48 Å². The van der Waals surface area contributed by atoms with Gasteiger partial charge < -0.3 is 10.0 Å². The van der Waals surface area contributed by atoms with Crippen LogP contribution in [0.5, 0.6) is 0 Å². The lowest BCUT2D eigenvalue weighted by molar-refractivity contribution is -0.133. The van der Waals surface area contributed by atoms with Gasteiger partial charge in [0.1, 0.15) is 12.9 Å². The van der Waals surface area contributed by atoms with Crippen molar-refractivity contribution in [3.05, 3.63) is 52.7 Å². The predicted molar refractivity (Wildman–Crippen MR) is 96.4 cm³/mol. The number of hydrogen-bond acceptors (Lipinski definition) is 5. The second-order valence-corrected chi connectivity index (χ2v) is 7.10. The third kappa shape index (κ3) is 4.20. The quantitative estimate of drug-likeness (QED) is 0.764. The molecule has 1 aromatic heterocycles. The normalized spacial score (nSPS) is 20.4. The molecule has 1 N–H and O–H groups in total. The van der Waals surface area contributed by atoms with Gasteiger partial charge in [-0.3, -0.25) is 14.3 Å². The Kier molecular flexibility index (Phi) is 5.24. The molecule has 1 atom stereocenters. The molecular weight excluding hydrogens is 334 g/mol. The molecule has 1 aliphatic heterocycles. The van der Waals surface area contributed by atoms with Gasteiger partial charge in [0.05, 0.1) is 12.1 Å². The molecule has 3 rings (SSSR count). The highest BCUT2D eigenvalue weighted by Gasteiger charge is 2.37. The number of aromatic nitrogens is 3. The number of likely N-dealkylation sites (N-methyl/N-ethyl adjacent to an activating group) is 1. The second-order valence-electron chi connectivity index (χ2n) is 7.10. The topological polar surface area (TPSA) is 83.6 Å². The molecule has 0 aliphatic carbocycles. The fourth-order valence-corrected chi connectivity index (χ4v) is 3.35. The Balaban J connectivity index is 1.55. The number of aliphatic hydroxyl groups is 1. The van der Waals surface area contributed by atoms with Gasteiger partial charge in [0.25, 0.3) is 0 Å². The van der Waals surface area contributed by atoms with E-state index in [0.717, 1.165) is 17.8 Å². The summed E-state index contributed by atoms with van der Waals surface area (Å²) in [6.45, 7) is 2.19. The zero-order chi connectivity index (χ0) is 18.7. The summed E-state index contributed by atoms with van der Waals surface area (Å²) < 4.78 is 2.44. The van der Waals surface area contributed by atoms with Crippen molar-refractivity contribution in [3.63, 3.8) is 0 Å². The van der Waals surface area contributed by atoms with Crippen LogP contribution in [0.25, 0.3) is 0 Å². The van der Waals surface area contributed by atoms with Crippen LogP contribution in [-0.2, 0) is 24.9 Å². The number of nitrogens with zero attached hydrogens (tertiary/aromatic N) is 5. The van der Waals surface area contributed by atoms with E-state index in [1.165, 1.54) is 21.4 Å². The minimum Gasteiger partial charge on any atom is -0.387 e. The zero-order valence-corrected chi connectivity index (χ0v) is 15.2. The Hall–Kier alpha value is -2.45. The molecule has 1 fully saturated rings. The van der Waals surface area contributed by atoms with Crippen molar-refractivity contribution < 1.29 is 9.90 Å². The number of rotatable bonds is 6. The average molecular weight is 359 g/mol. The Bertz CT molecular complexity index is 816. The molecule has 140 valence electrons. The van der Waals surface area contributed by atoms with E-state index >= 15 is 0 Å². The first kappa shape index (κ1) is 18.3. The molecule has 1 saturated heterocycles. The van der Waals surface area contributed by atoms with Crippen LogP contribution >= 0.6 is 0 Å². The standard InChI is InChI=1S/C18H25N5O3/c1-20(16(24)11-23-17(25)21(2)14-19-23)12-18(26)8-9-22(13-18)10-15-6-4-3-5-7-15/h3-7,14,26H,8-13H2,1-2H3/t18-/m1/s1. The van der Waals surface area contributed by atoms with E-state index in [0.29, 0.717) is 13.0 Å². The van der Waals surface area contributed by atoms with Gasteiger partial charge in [-0.05, 0) is 12.0 Å². The van der Waals surface area contributed by atoms with Gasteiger partial charge in [-0.1, -0.05) is 30.3 Å². The summed E-state index contributed by atoms with van der Waals surface area (Å²) in [6, 6.07) is 10.1. The number of aryl methyl sites for hydroxylation is 1. The Morgan fingerprint density at radius 2 is 2.08 bits per heavy atom. The number of carbonyl (C=O) groups excluding carboxylic acids is 1. The summed E-state index contributed by atoms with van der Waals surface area (Å²) in [4.78, 5) is 27.8. The minimum atomic E-state index is -0.936. The maximum Gasteiger partial charge on any atom is 0.345 e. The molecule has 0 radical (unpaired) electrons. The molecule has 1 aliphatic rings. The molecule has 2 aromatic rings. The van der Waals surface area contributed by atoms with E-state index in [9.17, 15) is 14.7 Å². The van der Waals surface area contributed by atoms with Gasteiger partial charge in [-0.2, -0.15) is 5.10 Å². The fourth-order valence-electron chi connectivity index (χ4n) is 3.35. The largest absolute Gasteiger partial charge is 0.387 e. The zero-order valence-electron chi connectivity index (χ0n) is 15.2. The average Bonchev–Trinajstić information content (AvgIpc) is 3.12. The van der Waals surface area contributed by atoms with Gasteiger partial charge in [0.15, 0.2) is 0 Å². The van der Waals surface area contributed by atoms with E-state index in [1.54, 1.807) is 14.1 Å². The first-order valence-electron chi connectivity index (χ1n) is 8.67. The number of carbonyl (C=O) groups is 1. The van der Waals surface area contributed by atoms with Crippen LogP contribution < -0.4 is 5.69 Å². The smallest absolute Gasteiger partial charge is 0.345 e. The van der Waals surface area contributed by atoms with Crippen molar-refractivity contribution in [2.24, 2.45) is 7.05 Å². The molecule has 2 heterocycles. The number of β-amino-alcohol motifs (C(OH)–C–C–N with tert-alkyl or cyclic N) is 1. The summed E-state index contributed by atoms with van der Waals surface area (Å²) in [5, 5.41) is 14.8. The molecule has 8 nitrogen and oxygen atoms in total. The summed E-state index contributed by atoms with van der Waals surface area (Å²) >= 11 is 0. The van der Waals surface area contributed by atoms with Crippen LogP contribution in [0.2, 0.25) is 0 Å². The van der Waals surface area contributed by atoms with E-state index < -0.39 is 5.60 Å². The molecule has 0 bridgehead atoms. The fraction of sp³-hybridized carbons (Fsp3) is 0.500. The van der Waals surface area contributed by atoms with Crippen LogP contribution in [0, 0.1) is 0 Å². The molecule has 26 heavy (non-hydrogen) atoms. The van der Waals surface area contributed by atoms with Crippen LogP contribution in [0.1, 0.15) is 12.0 Å². The van der Waals surface area contributed by atoms with Crippen LogP contribution in [0.4, 0.5) is 0 Å². The second kappa shape index (κ2) is 7.43. The van der Waals surface area contributed by atoms with Crippen LogP contribution in [-0.4, -0.2) is 67.4 Å². The number of hydrogen-bond donors (Lipinski definition) is 1. The van der Waals surface area contributed by atoms with Gasteiger partial charge in [0, 0.05) is 33.7 Å². The Labute approximate surface area is 152 Å². The van der Waals surface area contributed by atoms with Crippen molar-refractivity contribution in [1.82, 2.24) is 24.1 Å². The van der Waals surface area contributed by atoms with Gasteiger partial charge in [-0.15, -0.1) is 0 Å². The van der Waals surface area contributed by atoms with Crippen molar-refractivity contribution in [2.45, 2.75) is 25.1 Å². The minimum absolute atomic E-state index is 0.125. The van der Waals surface area contributed by atoms with Crippen molar-refractivity contribution in [1.29, 1.82) is 0 Å². The summed E-state index contributed by atoms with van der Waals surface area (Å²) in [6.07, 6.45) is 1.99. The SMILES string of the molecule is CN(C[C@]1(O)CCN(Cc2ccccc2)C1)C(=O)Cn1ncn(C)c1=O. The van der Waals surface area contributed by atoms with Crippen LogP contribution in [0.3, 0.4) is 0 Å². The first-order chi connectivity index (χ1) is 12.4. The number of benzene rings is 1. The van der Waals surface area contributed by atoms with E-state index in [2.05, 4.69) is 22.1 Å². The maximum absolute atomic E-state index is 12.4. The molecule has 1 aromatic carbocycles. The van der Waals surface area contributed by atoms with E-state index in [4.69, 9.17) is 0 Å². The highest BCUT2D eigenvalue weighted by molar-refractivity contribution is 5.75. The summed E-state index contributed by atoms with van der Waals surface area (Å²) in [7, 11) is 3.23. The molecular formula is C18H25N5O3.